The van der Waals surface area contributed by atoms with Gasteiger partial charge in [-0.2, -0.15) is 0 Å². The van der Waals surface area contributed by atoms with Crippen molar-refractivity contribution in [1.29, 1.82) is 0 Å². The summed E-state index contributed by atoms with van der Waals surface area (Å²) in [6.07, 6.45) is 1.11. The van der Waals surface area contributed by atoms with E-state index in [0.717, 1.165) is 22.8 Å². The van der Waals surface area contributed by atoms with Gasteiger partial charge >= 0.3 is 11.6 Å². The maximum Gasteiger partial charge on any atom is 0.336 e. The number of carbonyl (C=O) groups excluding carboxylic acids is 2. The molecular weight excluding hydrogens is 476 g/mol. The summed E-state index contributed by atoms with van der Waals surface area (Å²) in [6.45, 7) is 0. The van der Waals surface area contributed by atoms with Crippen LogP contribution in [0.4, 0.5) is 0 Å². The molecule has 1 aromatic heterocycles. The Morgan fingerprint density at radius 3 is 2.32 bits per heavy atom. The predicted octanol–water partition coefficient (Wildman–Crippen LogP) is 2.68. The Kier molecular flexibility index (Phi) is 9.29. The molecule has 3 aromatic carbocycles. The number of nitrogens with two attached hydrogens (primary N) is 1. The van der Waals surface area contributed by atoms with Gasteiger partial charge in [-0.1, -0.05) is 48.5 Å². The fourth-order valence-corrected chi connectivity index (χ4v) is 3.52. The molecular formula is C28H26N2O7. The predicted molar refractivity (Wildman–Crippen MR) is 137 cm³/mol. The summed E-state index contributed by atoms with van der Waals surface area (Å²) in [5.74, 6) is -1.57. The minimum atomic E-state index is -1.12. The zero-order chi connectivity index (χ0) is 26.8. The number of benzene rings is 3. The molecule has 2 unspecified atom stereocenters. The van der Waals surface area contributed by atoms with Crippen LogP contribution in [0.3, 0.4) is 0 Å². The average molecular weight is 503 g/mol. The van der Waals surface area contributed by atoms with Crippen LogP contribution in [-0.2, 0) is 22.4 Å². The summed E-state index contributed by atoms with van der Waals surface area (Å²) in [5, 5.41) is 21.7. The molecule has 9 heteroatoms. The minimum Gasteiger partial charge on any atom is -0.508 e. The van der Waals surface area contributed by atoms with Crippen molar-refractivity contribution in [2.24, 2.45) is 5.73 Å². The second kappa shape index (κ2) is 12.8. The molecule has 0 radical (unpaired) electrons. The lowest BCUT2D eigenvalue weighted by atomic mass is 10.0. The summed E-state index contributed by atoms with van der Waals surface area (Å²) in [4.78, 5) is 45.2. The summed E-state index contributed by atoms with van der Waals surface area (Å²) in [7, 11) is 0. The Bertz CT molecular complexity index is 1430. The fraction of sp³-hybridized carbons (Fsp3) is 0.143. The smallest absolute Gasteiger partial charge is 0.336 e. The number of carboxylic acids is 1. The van der Waals surface area contributed by atoms with Crippen molar-refractivity contribution >= 4 is 29.1 Å². The first-order chi connectivity index (χ1) is 17.7. The van der Waals surface area contributed by atoms with Crippen molar-refractivity contribution in [1.82, 2.24) is 5.32 Å². The molecule has 0 saturated carbocycles. The van der Waals surface area contributed by atoms with E-state index in [1.54, 1.807) is 54.6 Å². The van der Waals surface area contributed by atoms with Gasteiger partial charge in [0.25, 0.3) is 0 Å². The van der Waals surface area contributed by atoms with Crippen LogP contribution in [0.2, 0.25) is 0 Å². The molecule has 37 heavy (non-hydrogen) atoms. The number of rotatable bonds is 8. The van der Waals surface area contributed by atoms with Gasteiger partial charge in [-0.3, -0.25) is 9.59 Å². The Balaban J connectivity index is 0.000000262. The van der Waals surface area contributed by atoms with E-state index < -0.39 is 29.6 Å². The van der Waals surface area contributed by atoms with E-state index >= 15 is 0 Å². The van der Waals surface area contributed by atoms with Gasteiger partial charge in [-0.25, -0.2) is 9.59 Å². The Morgan fingerprint density at radius 1 is 0.919 bits per heavy atom. The summed E-state index contributed by atoms with van der Waals surface area (Å²) < 4.78 is 4.83. The highest BCUT2D eigenvalue weighted by Gasteiger charge is 2.23. The number of aliphatic carboxylic acids is 1. The highest BCUT2D eigenvalue weighted by atomic mass is 16.4. The number of phenolic OH excluding ortho intramolecular Hbond substituents is 1. The van der Waals surface area contributed by atoms with Crippen LogP contribution < -0.4 is 16.7 Å². The zero-order valence-corrected chi connectivity index (χ0v) is 19.7. The van der Waals surface area contributed by atoms with E-state index in [1.807, 2.05) is 18.2 Å². The molecule has 190 valence electrons. The Labute approximate surface area is 212 Å². The normalized spacial score (nSPS) is 12.0. The van der Waals surface area contributed by atoms with Crippen molar-refractivity contribution in [3.63, 3.8) is 0 Å². The molecule has 0 aliphatic carbocycles. The monoisotopic (exact) mass is 502 g/mol. The lowest BCUT2D eigenvalue weighted by molar-refractivity contribution is -0.141. The van der Waals surface area contributed by atoms with E-state index in [9.17, 15) is 24.3 Å². The fourth-order valence-electron chi connectivity index (χ4n) is 3.52. The van der Waals surface area contributed by atoms with Crippen LogP contribution in [0.1, 0.15) is 21.5 Å². The van der Waals surface area contributed by atoms with E-state index in [-0.39, 0.29) is 18.6 Å². The Morgan fingerprint density at radius 2 is 1.62 bits per heavy atom. The third-order valence-corrected chi connectivity index (χ3v) is 5.38. The molecule has 4 aromatic rings. The summed E-state index contributed by atoms with van der Waals surface area (Å²) >= 11 is 0. The highest BCUT2D eigenvalue weighted by molar-refractivity contribution is 5.87. The maximum absolute atomic E-state index is 12.2. The van der Waals surface area contributed by atoms with Crippen molar-refractivity contribution in [2.75, 3.05) is 0 Å². The van der Waals surface area contributed by atoms with Gasteiger partial charge in [0.1, 0.15) is 23.7 Å². The second-order valence-corrected chi connectivity index (χ2v) is 8.24. The SMILES string of the molecule is NC(Cc1cccc(C=O)c1)C(=O)NC(Cc1ccccc1)C(=O)O.O=c1ccc2ccc(O)cc2o1. The first-order valence-corrected chi connectivity index (χ1v) is 11.3. The highest BCUT2D eigenvalue weighted by Crippen LogP contribution is 2.17. The number of aldehydes is 1. The van der Waals surface area contributed by atoms with E-state index in [1.165, 1.54) is 12.1 Å². The van der Waals surface area contributed by atoms with Crippen molar-refractivity contribution < 1.29 is 29.0 Å². The van der Waals surface area contributed by atoms with Gasteiger partial charge in [-0.05, 0) is 41.8 Å². The first-order valence-electron chi connectivity index (χ1n) is 11.3. The van der Waals surface area contributed by atoms with Crippen LogP contribution in [0.25, 0.3) is 11.0 Å². The van der Waals surface area contributed by atoms with Gasteiger partial charge in [0.05, 0.1) is 6.04 Å². The number of carbonyl (C=O) groups is 3. The quantitative estimate of drug-likeness (QED) is 0.211. The summed E-state index contributed by atoms with van der Waals surface area (Å²) in [5.41, 5.74) is 7.93. The van der Waals surface area contributed by atoms with Gasteiger partial charge in [0, 0.05) is 29.5 Å². The van der Waals surface area contributed by atoms with Crippen molar-refractivity contribution in [3.8, 4) is 5.75 Å². The molecule has 1 amide bonds. The molecule has 9 nitrogen and oxygen atoms in total. The first kappa shape index (κ1) is 26.8. The summed E-state index contributed by atoms with van der Waals surface area (Å²) in [6, 6.07) is 21.5. The number of amides is 1. The molecule has 0 saturated heterocycles. The van der Waals surface area contributed by atoms with Gasteiger partial charge in [-0.15, -0.1) is 0 Å². The number of carboxylic acid groups (broad SMARTS) is 1. The number of fused-ring (bicyclic) bond motifs is 1. The minimum absolute atomic E-state index is 0.0943. The Hall–Kier alpha value is -4.76. The molecule has 2 atom stereocenters. The van der Waals surface area contributed by atoms with E-state index in [2.05, 4.69) is 5.32 Å². The number of hydrogen-bond donors (Lipinski definition) is 4. The molecule has 1 heterocycles. The largest absolute Gasteiger partial charge is 0.508 e. The molecule has 0 spiro atoms. The van der Waals surface area contributed by atoms with Crippen LogP contribution in [-0.4, -0.2) is 40.5 Å². The van der Waals surface area contributed by atoms with Crippen LogP contribution in [0, 0.1) is 0 Å². The molecule has 4 rings (SSSR count). The number of phenols is 1. The molecule has 0 aliphatic rings. The van der Waals surface area contributed by atoms with Crippen molar-refractivity contribution in [2.45, 2.75) is 24.9 Å². The van der Waals surface area contributed by atoms with Crippen LogP contribution in [0.5, 0.6) is 5.75 Å². The molecule has 0 aliphatic heterocycles. The standard InChI is InChI=1S/C19H20N2O4.C9H6O3/c20-16(10-14-7-4-8-15(9-14)12-22)18(23)21-17(19(24)25)11-13-5-2-1-3-6-13;10-7-3-1-6-2-4-9(11)12-8(6)5-7/h1-9,12,16-17H,10-11,20H2,(H,21,23)(H,24,25);1-5,10H. The third kappa shape index (κ3) is 8.15. The van der Waals surface area contributed by atoms with Gasteiger partial charge in [0.15, 0.2) is 0 Å². The lowest BCUT2D eigenvalue weighted by Crippen LogP contribution is -2.50. The number of nitrogens with one attached hydrogen (secondary N) is 1. The number of aromatic hydroxyl groups is 1. The zero-order valence-electron chi connectivity index (χ0n) is 19.7. The average Bonchev–Trinajstić information content (AvgIpc) is 2.89. The van der Waals surface area contributed by atoms with Crippen molar-refractivity contribution in [3.05, 3.63) is 112 Å². The molecule has 0 bridgehead atoms. The van der Waals surface area contributed by atoms with Gasteiger partial charge in [0.2, 0.25) is 5.91 Å². The molecule has 0 fully saturated rings. The van der Waals surface area contributed by atoms with E-state index in [4.69, 9.17) is 15.3 Å². The third-order valence-electron chi connectivity index (χ3n) is 5.38. The lowest BCUT2D eigenvalue weighted by Gasteiger charge is -2.18. The van der Waals surface area contributed by atoms with Crippen LogP contribution >= 0.6 is 0 Å². The molecule has 5 N–H and O–H groups in total. The van der Waals surface area contributed by atoms with Crippen LogP contribution in [0.15, 0.2) is 94.1 Å². The second-order valence-electron chi connectivity index (χ2n) is 8.24. The topological polar surface area (TPSA) is 160 Å². The van der Waals surface area contributed by atoms with Gasteiger partial charge < -0.3 is 25.7 Å². The maximum atomic E-state index is 12.2. The number of hydrogen-bond acceptors (Lipinski definition) is 7. The van der Waals surface area contributed by atoms with E-state index in [0.29, 0.717) is 11.1 Å².